The number of guanidine groups is 1. The smallest absolute Gasteiger partial charge is 0.191 e. The molecule has 1 fully saturated rings. The molecule has 1 rings (SSSR count). The Labute approximate surface area is 118 Å². The molecule has 1 unspecified atom stereocenters. The first kappa shape index (κ1) is 16.0. The van der Waals surface area contributed by atoms with Crippen molar-refractivity contribution in [2.45, 2.75) is 33.1 Å². The Hall–Kier alpha value is -1.03. The van der Waals surface area contributed by atoms with Crippen molar-refractivity contribution in [3.63, 3.8) is 0 Å². The third kappa shape index (κ3) is 7.21. The molecule has 110 valence electrons. The second-order valence-electron chi connectivity index (χ2n) is 5.36. The van der Waals surface area contributed by atoms with Crippen LogP contribution in [-0.4, -0.2) is 50.1 Å². The van der Waals surface area contributed by atoms with E-state index in [2.05, 4.69) is 41.0 Å². The Kier molecular flexibility index (Phi) is 8.30. The van der Waals surface area contributed by atoms with E-state index < -0.39 is 0 Å². The molecule has 0 aromatic carbocycles. The molecule has 1 saturated heterocycles. The topological polar surface area (TPSA) is 39.7 Å². The van der Waals surface area contributed by atoms with Gasteiger partial charge in [-0.25, -0.2) is 0 Å². The van der Waals surface area contributed by atoms with Gasteiger partial charge in [0.1, 0.15) is 0 Å². The lowest BCUT2D eigenvalue weighted by atomic mass is 10.1. The van der Waals surface area contributed by atoms with E-state index >= 15 is 0 Å². The summed E-state index contributed by atoms with van der Waals surface area (Å²) in [5.74, 6) is 1.50. The molecule has 0 spiro atoms. The van der Waals surface area contributed by atoms with E-state index in [1.807, 2.05) is 6.08 Å². The van der Waals surface area contributed by atoms with Crippen LogP contribution in [0, 0.1) is 5.92 Å². The van der Waals surface area contributed by atoms with E-state index in [1.54, 1.807) is 0 Å². The van der Waals surface area contributed by atoms with Gasteiger partial charge in [-0.2, -0.15) is 0 Å². The summed E-state index contributed by atoms with van der Waals surface area (Å²) in [7, 11) is 0. The fourth-order valence-electron chi connectivity index (χ4n) is 2.40. The van der Waals surface area contributed by atoms with Gasteiger partial charge in [0, 0.05) is 26.2 Å². The molecule has 0 aromatic rings. The molecule has 0 amide bonds. The summed E-state index contributed by atoms with van der Waals surface area (Å²) in [5.41, 5.74) is 0. The van der Waals surface area contributed by atoms with Crippen LogP contribution in [-0.2, 0) is 0 Å². The van der Waals surface area contributed by atoms with Gasteiger partial charge in [0.05, 0.1) is 0 Å². The molecule has 1 aliphatic heterocycles. The zero-order valence-corrected chi connectivity index (χ0v) is 12.6. The average Bonchev–Trinajstić information content (AvgIpc) is 2.43. The molecule has 0 aromatic heterocycles. The number of aliphatic imine (C=N–C) groups is 1. The third-order valence-electron chi connectivity index (χ3n) is 3.34. The van der Waals surface area contributed by atoms with Crippen molar-refractivity contribution in [1.82, 2.24) is 15.5 Å². The van der Waals surface area contributed by atoms with Crippen molar-refractivity contribution in [1.29, 1.82) is 0 Å². The van der Waals surface area contributed by atoms with Crippen molar-refractivity contribution >= 4 is 5.96 Å². The van der Waals surface area contributed by atoms with Crippen LogP contribution >= 0.6 is 0 Å². The molecule has 2 N–H and O–H groups in total. The summed E-state index contributed by atoms with van der Waals surface area (Å²) in [5, 5.41) is 6.49. The first-order chi connectivity index (χ1) is 9.26. The van der Waals surface area contributed by atoms with Crippen molar-refractivity contribution in [2.75, 3.05) is 39.3 Å². The van der Waals surface area contributed by atoms with Crippen LogP contribution in [0.2, 0.25) is 0 Å². The summed E-state index contributed by atoms with van der Waals surface area (Å²) in [6.45, 7) is 14.3. The first-order valence-electron chi connectivity index (χ1n) is 7.61. The summed E-state index contributed by atoms with van der Waals surface area (Å²) in [6, 6.07) is 0. The van der Waals surface area contributed by atoms with Crippen LogP contribution in [0.15, 0.2) is 17.6 Å². The van der Waals surface area contributed by atoms with Crippen molar-refractivity contribution in [3.05, 3.63) is 12.7 Å². The summed E-state index contributed by atoms with van der Waals surface area (Å²) < 4.78 is 0. The Balaban J connectivity index is 2.30. The first-order valence-corrected chi connectivity index (χ1v) is 7.61. The van der Waals surface area contributed by atoms with Crippen LogP contribution in [0.5, 0.6) is 0 Å². The van der Waals surface area contributed by atoms with Gasteiger partial charge in [-0.15, -0.1) is 6.58 Å². The quantitative estimate of drug-likeness (QED) is 0.420. The largest absolute Gasteiger partial charge is 0.357 e. The minimum Gasteiger partial charge on any atom is -0.357 e. The minimum atomic E-state index is 0.609. The minimum absolute atomic E-state index is 0.609. The number of piperidine rings is 1. The van der Waals surface area contributed by atoms with E-state index in [1.165, 1.54) is 38.9 Å². The lowest BCUT2D eigenvalue weighted by Crippen LogP contribution is -2.38. The maximum Gasteiger partial charge on any atom is 0.191 e. The van der Waals surface area contributed by atoms with Crippen LogP contribution in [0.3, 0.4) is 0 Å². The van der Waals surface area contributed by atoms with Gasteiger partial charge in [0.2, 0.25) is 0 Å². The maximum absolute atomic E-state index is 4.64. The van der Waals surface area contributed by atoms with Gasteiger partial charge in [0.25, 0.3) is 0 Å². The Morgan fingerprint density at radius 1 is 1.32 bits per heavy atom. The van der Waals surface area contributed by atoms with Crippen LogP contribution in [0.4, 0.5) is 0 Å². The molecule has 1 heterocycles. The lowest BCUT2D eigenvalue weighted by Gasteiger charge is -2.28. The highest BCUT2D eigenvalue weighted by atomic mass is 15.2. The molecule has 0 bridgehead atoms. The molecular weight excluding hydrogens is 236 g/mol. The molecule has 1 aliphatic rings. The summed E-state index contributed by atoms with van der Waals surface area (Å²) in [4.78, 5) is 7.21. The van der Waals surface area contributed by atoms with E-state index in [-0.39, 0.29) is 0 Å². The predicted octanol–water partition coefficient (Wildman–Crippen LogP) is 1.85. The van der Waals surface area contributed by atoms with Crippen LogP contribution in [0.25, 0.3) is 0 Å². The number of likely N-dealkylation sites (tertiary alicyclic amines) is 1. The zero-order valence-electron chi connectivity index (χ0n) is 12.6. The van der Waals surface area contributed by atoms with Crippen molar-refractivity contribution in [3.8, 4) is 0 Å². The number of hydrogen-bond acceptors (Lipinski definition) is 2. The lowest BCUT2D eigenvalue weighted by molar-refractivity contribution is 0.203. The fourth-order valence-corrected chi connectivity index (χ4v) is 2.40. The highest BCUT2D eigenvalue weighted by Crippen LogP contribution is 2.10. The Morgan fingerprint density at radius 2 is 2.05 bits per heavy atom. The molecule has 0 saturated carbocycles. The molecule has 0 aliphatic carbocycles. The zero-order chi connectivity index (χ0) is 13.9. The van der Waals surface area contributed by atoms with E-state index in [9.17, 15) is 0 Å². The summed E-state index contributed by atoms with van der Waals surface area (Å²) in [6.07, 6.45) is 5.97. The number of rotatable bonds is 7. The molecule has 0 radical (unpaired) electrons. The van der Waals surface area contributed by atoms with E-state index in [4.69, 9.17) is 0 Å². The van der Waals surface area contributed by atoms with Gasteiger partial charge >= 0.3 is 0 Å². The number of hydrogen-bond donors (Lipinski definition) is 2. The predicted molar refractivity (Wildman–Crippen MR) is 83.6 cm³/mol. The second kappa shape index (κ2) is 9.84. The van der Waals surface area contributed by atoms with Gasteiger partial charge < -0.3 is 15.5 Å². The van der Waals surface area contributed by atoms with Gasteiger partial charge in [-0.1, -0.05) is 19.4 Å². The Bertz CT molecular complexity index is 269. The number of nitrogens with zero attached hydrogens (tertiary/aromatic N) is 2. The maximum atomic E-state index is 4.64. The summed E-state index contributed by atoms with van der Waals surface area (Å²) >= 11 is 0. The van der Waals surface area contributed by atoms with Gasteiger partial charge in [-0.3, -0.25) is 4.99 Å². The van der Waals surface area contributed by atoms with Gasteiger partial charge in [-0.05, 0) is 38.8 Å². The second-order valence-corrected chi connectivity index (χ2v) is 5.36. The molecule has 19 heavy (non-hydrogen) atoms. The fraction of sp³-hybridized carbons (Fsp3) is 0.800. The van der Waals surface area contributed by atoms with Gasteiger partial charge in [0.15, 0.2) is 5.96 Å². The normalized spacial score (nSPS) is 18.9. The monoisotopic (exact) mass is 266 g/mol. The number of nitrogens with one attached hydrogen (secondary N) is 2. The molecule has 4 nitrogen and oxygen atoms in total. The molecule has 1 atom stereocenters. The van der Waals surface area contributed by atoms with Crippen molar-refractivity contribution < 1.29 is 0 Å². The van der Waals surface area contributed by atoms with E-state index in [0.29, 0.717) is 5.92 Å². The highest BCUT2D eigenvalue weighted by molar-refractivity contribution is 5.79. The average molecular weight is 266 g/mol. The standard InChI is InChI=1S/C15H30N4/c1-4-9-17-15(16-5-2)18-12-14(3)13-19-10-7-6-8-11-19/h4,14H,1,5-13H2,2-3H3,(H2,16,17,18). The van der Waals surface area contributed by atoms with Crippen LogP contribution in [0.1, 0.15) is 33.1 Å². The van der Waals surface area contributed by atoms with Crippen LogP contribution < -0.4 is 10.6 Å². The molecular formula is C15H30N4. The van der Waals surface area contributed by atoms with Crippen molar-refractivity contribution in [2.24, 2.45) is 10.9 Å². The SMILES string of the molecule is C=CCNC(=NCC(C)CN1CCCCC1)NCC. The Morgan fingerprint density at radius 3 is 2.68 bits per heavy atom. The highest BCUT2D eigenvalue weighted by Gasteiger charge is 2.13. The third-order valence-corrected chi connectivity index (χ3v) is 3.34. The molecule has 4 heteroatoms. The van der Waals surface area contributed by atoms with E-state index in [0.717, 1.165) is 25.6 Å².